The summed E-state index contributed by atoms with van der Waals surface area (Å²) in [6.07, 6.45) is -3.33. The summed E-state index contributed by atoms with van der Waals surface area (Å²) in [5, 5.41) is 28.9. The van der Waals surface area contributed by atoms with Gasteiger partial charge < -0.3 is 20.1 Å². The van der Waals surface area contributed by atoms with Gasteiger partial charge in [-0.2, -0.15) is 0 Å². The molecule has 1 aromatic rings. The standard InChI is InChI=1S/C14H17ClO6/c1-2-21-13(19)7-11(16)14(20)8-3-4-10(15)9(5-8)6-12(17)18/h3-5,11,14,16,20H,2,6-7H2,1H3,(H,17,18). The molecule has 0 bridgehead atoms. The minimum atomic E-state index is -1.34. The van der Waals surface area contributed by atoms with Crippen molar-refractivity contribution in [1.82, 2.24) is 0 Å². The monoisotopic (exact) mass is 316 g/mol. The van der Waals surface area contributed by atoms with Gasteiger partial charge in [0.15, 0.2) is 0 Å². The molecular weight excluding hydrogens is 300 g/mol. The molecule has 3 N–H and O–H groups in total. The lowest BCUT2D eigenvalue weighted by molar-refractivity contribution is -0.147. The van der Waals surface area contributed by atoms with Crippen molar-refractivity contribution in [1.29, 1.82) is 0 Å². The van der Waals surface area contributed by atoms with Crippen LogP contribution in [0.3, 0.4) is 0 Å². The van der Waals surface area contributed by atoms with Crippen LogP contribution in [0.2, 0.25) is 5.02 Å². The molecule has 1 aromatic carbocycles. The molecule has 1 rings (SSSR count). The Bertz CT molecular complexity index is 516. The van der Waals surface area contributed by atoms with Crippen LogP contribution in [0, 0.1) is 0 Å². The molecule has 0 aliphatic rings. The fourth-order valence-corrected chi connectivity index (χ4v) is 1.99. The van der Waals surface area contributed by atoms with E-state index >= 15 is 0 Å². The second-order valence-electron chi connectivity index (χ2n) is 4.44. The largest absolute Gasteiger partial charge is 0.481 e. The second-order valence-corrected chi connectivity index (χ2v) is 4.85. The van der Waals surface area contributed by atoms with Crippen LogP contribution in [0.15, 0.2) is 18.2 Å². The van der Waals surface area contributed by atoms with Crippen LogP contribution in [0.1, 0.15) is 30.6 Å². The quantitative estimate of drug-likeness (QED) is 0.655. The number of carbonyl (C=O) groups is 2. The Morgan fingerprint density at radius 3 is 2.57 bits per heavy atom. The number of halogens is 1. The number of carboxylic acid groups (broad SMARTS) is 1. The first-order valence-corrected chi connectivity index (χ1v) is 6.74. The summed E-state index contributed by atoms with van der Waals surface area (Å²) >= 11 is 5.87. The summed E-state index contributed by atoms with van der Waals surface area (Å²) in [5.74, 6) is -1.68. The number of rotatable bonds is 7. The molecule has 116 valence electrons. The number of esters is 1. The predicted octanol–water partition coefficient (Wildman–Crippen LogP) is 1.31. The zero-order chi connectivity index (χ0) is 16.0. The van der Waals surface area contributed by atoms with E-state index in [0.717, 1.165) is 0 Å². The summed E-state index contributed by atoms with van der Waals surface area (Å²) in [6, 6.07) is 4.30. The van der Waals surface area contributed by atoms with Gasteiger partial charge in [-0.05, 0) is 24.1 Å². The third kappa shape index (κ3) is 5.34. The van der Waals surface area contributed by atoms with Crippen molar-refractivity contribution in [3.8, 4) is 0 Å². The van der Waals surface area contributed by atoms with E-state index in [1.807, 2.05) is 0 Å². The Morgan fingerprint density at radius 2 is 2.00 bits per heavy atom. The number of aliphatic carboxylic acids is 1. The van der Waals surface area contributed by atoms with Crippen LogP contribution in [0.4, 0.5) is 0 Å². The van der Waals surface area contributed by atoms with Crippen molar-refractivity contribution < 1.29 is 29.6 Å². The maximum absolute atomic E-state index is 11.3. The van der Waals surface area contributed by atoms with Gasteiger partial charge >= 0.3 is 11.9 Å². The first kappa shape index (κ1) is 17.4. The van der Waals surface area contributed by atoms with Crippen molar-refractivity contribution in [2.45, 2.75) is 32.0 Å². The van der Waals surface area contributed by atoms with Crippen LogP contribution in [-0.2, 0) is 20.7 Å². The minimum Gasteiger partial charge on any atom is -0.481 e. The van der Waals surface area contributed by atoms with Crippen LogP contribution < -0.4 is 0 Å². The Balaban J connectivity index is 2.84. The highest BCUT2D eigenvalue weighted by atomic mass is 35.5. The van der Waals surface area contributed by atoms with E-state index in [-0.39, 0.29) is 30.0 Å². The number of ether oxygens (including phenoxy) is 1. The van der Waals surface area contributed by atoms with Gasteiger partial charge in [0.2, 0.25) is 0 Å². The third-order valence-corrected chi connectivity index (χ3v) is 3.17. The van der Waals surface area contributed by atoms with Crippen molar-refractivity contribution in [3.05, 3.63) is 34.3 Å². The van der Waals surface area contributed by atoms with Gasteiger partial charge in [-0.25, -0.2) is 0 Å². The fraction of sp³-hybridized carbons (Fsp3) is 0.429. The highest BCUT2D eigenvalue weighted by Crippen LogP contribution is 2.25. The maximum atomic E-state index is 11.3. The number of hydrogen-bond acceptors (Lipinski definition) is 5. The van der Waals surface area contributed by atoms with Gasteiger partial charge in [-0.3, -0.25) is 9.59 Å². The lowest BCUT2D eigenvalue weighted by Gasteiger charge is -2.18. The lowest BCUT2D eigenvalue weighted by atomic mass is 9.99. The summed E-state index contributed by atoms with van der Waals surface area (Å²) in [6.45, 7) is 1.82. The molecule has 0 aromatic heterocycles. The number of aliphatic hydroxyl groups excluding tert-OH is 2. The highest BCUT2D eigenvalue weighted by Gasteiger charge is 2.23. The van der Waals surface area contributed by atoms with Crippen LogP contribution in [-0.4, -0.2) is 40.0 Å². The Hall–Kier alpha value is -1.63. The molecule has 0 radical (unpaired) electrons. The molecule has 6 nitrogen and oxygen atoms in total. The molecule has 0 spiro atoms. The number of benzene rings is 1. The molecule has 0 aliphatic carbocycles. The van der Waals surface area contributed by atoms with Gasteiger partial charge in [0, 0.05) is 5.02 Å². The number of carboxylic acids is 1. The topological polar surface area (TPSA) is 104 Å². The van der Waals surface area contributed by atoms with E-state index in [2.05, 4.69) is 4.74 Å². The smallest absolute Gasteiger partial charge is 0.308 e. The van der Waals surface area contributed by atoms with E-state index in [1.54, 1.807) is 6.92 Å². The molecule has 21 heavy (non-hydrogen) atoms. The van der Waals surface area contributed by atoms with Gasteiger partial charge in [-0.1, -0.05) is 23.7 Å². The first-order valence-electron chi connectivity index (χ1n) is 6.37. The Labute approximate surface area is 126 Å². The second kappa shape index (κ2) is 7.97. The summed E-state index contributed by atoms with van der Waals surface area (Å²) in [4.78, 5) is 22.0. The van der Waals surface area contributed by atoms with E-state index in [9.17, 15) is 19.8 Å². The number of aliphatic hydroxyl groups is 2. The van der Waals surface area contributed by atoms with Crippen molar-refractivity contribution in [2.75, 3.05) is 6.61 Å². The molecule has 2 unspecified atom stereocenters. The molecule has 0 amide bonds. The predicted molar refractivity (Wildman–Crippen MR) is 75.0 cm³/mol. The van der Waals surface area contributed by atoms with Gasteiger partial charge in [0.05, 0.1) is 25.6 Å². The summed E-state index contributed by atoms with van der Waals surface area (Å²) in [5.41, 5.74) is 0.608. The lowest BCUT2D eigenvalue weighted by Crippen LogP contribution is -2.23. The van der Waals surface area contributed by atoms with E-state index in [1.165, 1.54) is 18.2 Å². The zero-order valence-corrected chi connectivity index (χ0v) is 12.2. The molecule has 0 saturated carbocycles. The van der Waals surface area contributed by atoms with E-state index < -0.39 is 24.1 Å². The summed E-state index contributed by atoms with van der Waals surface area (Å²) in [7, 11) is 0. The summed E-state index contributed by atoms with van der Waals surface area (Å²) < 4.78 is 4.69. The zero-order valence-electron chi connectivity index (χ0n) is 11.5. The van der Waals surface area contributed by atoms with Crippen LogP contribution >= 0.6 is 11.6 Å². The molecular formula is C14H17ClO6. The van der Waals surface area contributed by atoms with Crippen molar-refractivity contribution in [3.63, 3.8) is 0 Å². The van der Waals surface area contributed by atoms with Crippen molar-refractivity contribution in [2.24, 2.45) is 0 Å². The van der Waals surface area contributed by atoms with Crippen LogP contribution in [0.5, 0.6) is 0 Å². The number of carbonyl (C=O) groups excluding carboxylic acids is 1. The maximum Gasteiger partial charge on any atom is 0.308 e. The Morgan fingerprint density at radius 1 is 1.33 bits per heavy atom. The average Bonchev–Trinajstić information content (AvgIpc) is 2.40. The van der Waals surface area contributed by atoms with Crippen LogP contribution in [0.25, 0.3) is 0 Å². The molecule has 0 saturated heterocycles. The average molecular weight is 317 g/mol. The molecule has 7 heteroatoms. The molecule has 0 aliphatic heterocycles. The van der Waals surface area contributed by atoms with Gasteiger partial charge in [0.1, 0.15) is 6.10 Å². The third-order valence-electron chi connectivity index (χ3n) is 2.80. The molecule has 2 atom stereocenters. The fourth-order valence-electron chi connectivity index (χ4n) is 1.80. The molecule has 0 fully saturated rings. The normalized spacial score (nSPS) is 13.5. The first-order chi connectivity index (χ1) is 9.85. The SMILES string of the molecule is CCOC(=O)CC(O)C(O)c1ccc(Cl)c(CC(=O)O)c1. The molecule has 0 heterocycles. The van der Waals surface area contributed by atoms with Crippen molar-refractivity contribution >= 4 is 23.5 Å². The highest BCUT2D eigenvalue weighted by molar-refractivity contribution is 6.31. The van der Waals surface area contributed by atoms with Gasteiger partial charge in [-0.15, -0.1) is 0 Å². The minimum absolute atomic E-state index is 0.186. The number of hydrogen-bond donors (Lipinski definition) is 3. The van der Waals surface area contributed by atoms with E-state index in [4.69, 9.17) is 16.7 Å². The Kier molecular flexibility index (Phi) is 6.61. The van der Waals surface area contributed by atoms with E-state index in [0.29, 0.717) is 5.56 Å². The van der Waals surface area contributed by atoms with Gasteiger partial charge in [0.25, 0.3) is 0 Å².